The van der Waals surface area contributed by atoms with E-state index in [1.807, 2.05) is 0 Å². The molecule has 2 N–H and O–H groups in total. The summed E-state index contributed by atoms with van der Waals surface area (Å²) in [5.41, 5.74) is 2.24. The lowest BCUT2D eigenvalue weighted by Crippen LogP contribution is -2.29. The molecule has 1 aromatic heterocycles. The topological polar surface area (TPSA) is 71.8 Å². The van der Waals surface area contributed by atoms with Crippen molar-refractivity contribution in [1.82, 2.24) is 25.6 Å². The zero-order valence-corrected chi connectivity index (χ0v) is 12.6. The van der Waals surface area contributed by atoms with Gasteiger partial charge >= 0.3 is 0 Å². The van der Waals surface area contributed by atoms with Gasteiger partial charge in [-0.15, -0.1) is 5.10 Å². The molecule has 0 bridgehead atoms. The molecular weight excluding hydrogens is 297 g/mol. The number of benzene rings is 1. The van der Waals surface area contributed by atoms with Crippen molar-refractivity contribution in [1.29, 1.82) is 0 Å². The Balaban J connectivity index is 1.57. The molecule has 1 aliphatic heterocycles. The Morgan fingerprint density at radius 2 is 2.35 bits per heavy atom. The summed E-state index contributed by atoms with van der Waals surface area (Å²) in [6.07, 6.45) is 4.59. The smallest absolute Gasteiger partial charge is 0.273 e. The summed E-state index contributed by atoms with van der Waals surface area (Å²) in [7, 11) is 0. The van der Waals surface area contributed by atoms with E-state index in [9.17, 15) is 9.18 Å². The fraction of sp³-hybridized carbons (Fsp3) is 0.312. The van der Waals surface area contributed by atoms with E-state index in [0.717, 1.165) is 25.1 Å². The number of aromatic nitrogens is 3. The molecule has 0 aliphatic carbocycles. The number of halogens is 1. The van der Waals surface area contributed by atoms with Crippen molar-refractivity contribution in [2.24, 2.45) is 0 Å². The average molecular weight is 315 g/mol. The van der Waals surface area contributed by atoms with Crippen LogP contribution in [-0.2, 0) is 6.54 Å². The fourth-order valence-electron chi connectivity index (χ4n) is 2.42. The van der Waals surface area contributed by atoms with Gasteiger partial charge in [-0.3, -0.25) is 4.79 Å². The minimum Gasteiger partial charge on any atom is -0.347 e. The lowest BCUT2D eigenvalue weighted by atomic mass is 10.1. The van der Waals surface area contributed by atoms with Crippen molar-refractivity contribution in [2.75, 3.05) is 19.6 Å². The second-order valence-electron chi connectivity index (χ2n) is 5.43. The molecule has 0 spiro atoms. The first kappa shape index (κ1) is 15.4. The number of nitrogens with zero attached hydrogens (tertiary/aromatic N) is 3. The van der Waals surface area contributed by atoms with Crippen LogP contribution >= 0.6 is 0 Å². The van der Waals surface area contributed by atoms with Crippen molar-refractivity contribution >= 4 is 5.91 Å². The largest absolute Gasteiger partial charge is 0.347 e. The van der Waals surface area contributed by atoms with E-state index in [-0.39, 0.29) is 17.4 Å². The maximum Gasteiger partial charge on any atom is 0.273 e. The second kappa shape index (κ2) is 7.15. The van der Waals surface area contributed by atoms with Crippen LogP contribution in [0, 0.1) is 5.82 Å². The second-order valence-corrected chi connectivity index (χ2v) is 5.43. The zero-order chi connectivity index (χ0) is 16.1. The lowest BCUT2D eigenvalue weighted by molar-refractivity contribution is 0.0951. The number of nitrogens with one attached hydrogen (secondary N) is 2. The standard InChI is InChI=1S/C16H18FN5O/c17-14-3-1-2-13(8-14)10-22-11-15(20-21-22)16(23)19-9-12-4-6-18-7-5-12/h1-4,8,11,18H,5-7,9-10H2,(H,19,23). The van der Waals surface area contributed by atoms with E-state index >= 15 is 0 Å². The molecule has 0 unspecified atom stereocenters. The number of carbonyl (C=O) groups excluding carboxylic acids is 1. The Morgan fingerprint density at radius 1 is 1.43 bits per heavy atom. The molecule has 1 amide bonds. The quantitative estimate of drug-likeness (QED) is 0.811. The van der Waals surface area contributed by atoms with Gasteiger partial charge < -0.3 is 10.6 Å². The molecule has 6 nitrogen and oxygen atoms in total. The molecule has 1 aliphatic rings. The van der Waals surface area contributed by atoms with Gasteiger partial charge in [-0.2, -0.15) is 0 Å². The first-order valence-electron chi connectivity index (χ1n) is 7.52. The van der Waals surface area contributed by atoms with Crippen molar-refractivity contribution in [3.05, 3.63) is 59.2 Å². The van der Waals surface area contributed by atoms with Crippen molar-refractivity contribution < 1.29 is 9.18 Å². The highest BCUT2D eigenvalue weighted by Gasteiger charge is 2.12. The van der Waals surface area contributed by atoms with Crippen molar-refractivity contribution in [3.63, 3.8) is 0 Å². The summed E-state index contributed by atoms with van der Waals surface area (Å²) in [4.78, 5) is 12.1. The number of amides is 1. The van der Waals surface area contributed by atoms with Crippen LogP contribution in [0.3, 0.4) is 0 Å². The Kier molecular flexibility index (Phi) is 4.77. The van der Waals surface area contributed by atoms with Crippen LogP contribution in [0.4, 0.5) is 4.39 Å². The summed E-state index contributed by atoms with van der Waals surface area (Å²) >= 11 is 0. The Bertz CT molecular complexity index is 725. The molecule has 1 aromatic carbocycles. The van der Waals surface area contributed by atoms with E-state index in [4.69, 9.17) is 0 Å². The van der Waals surface area contributed by atoms with Gasteiger partial charge in [0.1, 0.15) is 5.82 Å². The van der Waals surface area contributed by atoms with Crippen molar-refractivity contribution in [2.45, 2.75) is 13.0 Å². The summed E-state index contributed by atoms with van der Waals surface area (Å²) in [5.74, 6) is -0.550. The van der Waals surface area contributed by atoms with Crippen LogP contribution in [0.25, 0.3) is 0 Å². The fourth-order valence-corrected chi connectivity index (χ4v) is 2.42. The number of carbonyl (C=O) groups is 1. The summed E-state index contributed by atoms with van der Waals surface area (Å²) in [5, 5.41) is 13.9. The third-order valence-electron chi connectivity index (χ3n) is 3.64. The maximum absolute atomic E-state index is 13.2. The predicted octanol–water partition coefficient (Wildman–Crippen LogP) is 1.11. The Hall–Kier alpha value is -2.54. The highest BCUT2D eigenvalue weighted by Crippen LogP contribution is 2.06. The minimum absolute atomic E-state index is 0.255. The minimum atomic E-state index is -0.296. The highest BCUT2D eigenvalue weighted by atomic mass is 19.1. The molecule has 3 rings (SSSR count). The zero-order valence-electron chi connectivity index (χ0n) is 12.6. The van der Waals surface area contributed by atoms with E-state index in [1.165, 1.54) is 22.4 Å². The molecule has 0 fully saturated rings. The molecule has 23 heavy (non-hydrogen) atoms. The normalized spacial score (nSPS) is 14.4. The molecule has 0 saturated heterocycles. The highest BCUT2D eigenvalue weighted by molar-refractivity contribution is 5.91. The Labute approximate surface area is 133 Å². The van der Waals surface area contributed by atoms with E-state index in [0.29, 0.717) is 13.1 Å². The third-order valence-corrected chi connectivity index (χ3v) is 3.64. The van der Waals surface area contributed by atoms with Crippen LogP contribution in [0.1, 0.15) is 22.5 Å². The summed E-state index contributed by atoms with van der Waals surface area (Å²) in [6, 6.07) is 6.26. The van der Waals surface area contributed by atoms with Gasteiger partial charge in [-0.25, -0.2) is 9.07 Å². The van der Waals surface area contributed by atoms with E-state index < -0.39 is 0 Å². The van der Waals surface area contributed by atoms with Crippen LogP contribution in [0.2, 0.25) is 0 Å². The maximum atomic E-state index is 13.2. The molecule has 2 heterocycles. The molecule has 2 aromatic rings. The lowest BCUT2D eigenvalue weighted by Gasteiger charge is -2.13. The van der Waals surface area contributed by atoms with Gasteiger partial charge in [-0.1, -0.05) is 29.0 Å². The number of hydrogen-bond donors (Lipinski definition) is 2. The molecular formula is C16H18FN5O. The number of rotatable bonds is 5. The van der Waals surface area contributed by atoms with Gasteiger partial charge in [0.05, 0.1) is 12.7 Å². The van der Waals surface area contributed by atoms with Crippen LogP contribution in [0.15, 0.2) is 42.1 Å². The molecule has 7 heteroatoms. The molecule has 0 atom stereocenters. The van der Waals surface area contributed by atoms with Gasteiger partial charge in [-0.05, 0) is 30.7 Å². The average Bonchev–Trinajstić information content (AvgIpc) is 3.02. The molecule has 0 radical (unpaired) electrons. The van der Waals surface area contributed by atoms with Crippen molar-refractivity contribution in [3.8, 4) is 0 Å². The third kappa shape index (κ3) is 4.23. The van der Waals surface area contributed by atoms with E-state index in [2.05, 4.69) is 27.0 Å². The summed E-state index contributed by atoms with van der Waals surface area (Å²) in [6.45, 7) is 2.67. The van der Waals surface area contributed by atoms with E-state index in [1.54, 1.807) is 18.3 Å². The predicted molar refractivity (Wildman–Crippen MR) is 83.4 cm³/mol. The van der Waals surface area contributed by atoms with Gasteiger partial charge in [0.25, 0.3) is 5.91 Å². The summed E-state index contributed by atoms with van der Waals surface area (Å²) < 4.78 is 14.7. The molecule has 120 valence electrons. The van der Waals surface area contributed by atoms with Crippen LogP contribution < -0.4 is 10.6 Å². The number of hydrogen-bond acceptors (Lipinski definition) is 4. The van der Waals surface area contributed by atoms with Crippen LogP contribution in [0.5, 0.6) is 0 Å². The van der Waals surface area contributed by atoms with Gasteiger partial charge in [0.2, 0.25) is 0 Å². The van der Waals surface area contributed by atoms with Gasteiger partial charge in [0.15, 0.2) is 5.69 Å². The van der Waals surface area contributed by atoms with Crippen LogP contribution in [-0.4, -0.2) is 40.5 Å². The Morgan fingerprint density at radius 3 is 3.13 bits per heavy atom. The first-order chi connectivity index (χ1) is 11.2. The monoisotopic (exact) mass is 315 g/mol. The first-order valence-corrected chi connectivity index (χ1v) is 7.52. The molecule has 0 saturated carbocycles. The SMILES string of the molecule is O=C(NCC1=CCNCC1)c1cn(Cc2cccc(F)c2)nn1. The van der Waals surface area contributed by atoms with Gasteiger partial charge in [0, 0.05) is 13.1 Å².